The molecule has 0 fully saturated rings. The van der Waals surface area contributed by atoms with Gasteiger partial charge in [0.25, 0.3) is 5.91 Å². The first-order chi connectivity index (χ1) is 15.5. The van der Waals surface area contributed by atoms with Crippen LogP contribution in [0, 0.1) is 20.8 Å². The highest BCUT2D eigenvalue weighted by Gasteiger charge is 2.23. The van der Waals surface area contributed by atoms with E-state index in [1.54, 1.807) is 0 Å². The smallest absolute Gasteiger partial charge is 0.287 e. The summed E-state index contributed by atoms with van der Waals surface area (Å²) in [7, 11) is 0. The molecule has 0 aliphatic rings. The van der Waals surface area contributed by atoms with Crippen molar-refractivity contribution >= 4 is 27.8 Å². The van der Waals surface area contributed by atoms with Crippen LogP contribution in [0.4, 0.5) is 0 Å². The number of benzene rings is 3. The molecular formula is C28H26N2O2. The maximum atomic E-state index is 13.2. The molecule has 5 aromatic rings. The Bertz CT molecular complexity index is 1430. The first kappa shape index (κ1) is 20.1. The molecule has 2 heterocycles. The van der Waals surface area contributed by atoms with Gasteiger partial charge in [0.2, 0.25) is 0 Å². The maximum Gasteiger partial charge on any atom is 0.287 e. The van der Waals surface area contributed by atoms with Crippen molar-refractivity contribution in [2.75, 3.05) is 6.54 Å². The van der Waals surface area contributed by atoms with Gasteiger partial charge in [-0.25, -0.2) is 0 Å². The maximum absolute atomic E-state index is 13.2. The summed E-state index contributed by atoms with van der Waals surface area (Å²) < 4.78 is 6.00. The lowest BCUT2D eigenvalue weighted by molar-refractivity contribution is 0.0926. The molecule has 32 heavy (non-hydrogen) atoms. The SMILES string of the molecule is Cc1cc(C)c2c(C)c(C(=O)NC[C@H](c3ccccc3)c3c[nH]c4ccccc34)oc2c1. The van der Waals surface area contributed by atoms with Crippen molar-refractivity contribution in [3.8, 4) is 0 Å². The molecule has 0 spiro atoms. The molecule has 0 radical (unpaired) electrons. The molecule has 1 amide bonds. The highest BCUT2D eigenvalue weighted by molar-refractivity contribution is 6.00. The summed E-state index contributed by atoms with van der Waals surface area (Å²) in [6.45, 7) is 6.52. The second-order valence-electron chi connectivity index (χ2n) is 8.47. The number of aromatic amines is 1. The topological polar surface area (TPSA) is 58.0 Å². The van der Waals surface area contributed by atoms with Crippen molar-refractivity contribution in [3.63, 3.8) is 0 Å². The van der Waals surface area contributed by atoms with Gasteiger partial charge in [-0.2, -0.15) is 0 Å². The van der Waals surface area contributed by atoms with Gasteiger partial charge < -0.3 is 14.7 Å². The molecule has 0 aliphatic carbocycles. The van der Waals surface area contributed by atoms with Gasteiger partial charge >= 0.3 is 0 Å². The number of aryl methyl sites for hydroxylation is 3. The summed E-state index contributed by atoms with van der Waals surface area (Å²) in [5.41, 5.74) is 7.32. The van der Waals surface area contributed by atoms with Crippen LogP contribution in [0.2, 0.25) is 0 Å². The molecule has 0 bridgehead atoms. The monoisotopic (exact) mass is 422 g/mol. The molecule has 2 N–H and O–H groups in total. The first-order valence-corrected chi connectivity index (χ1v) is 10.9. The van der Waals surface area contributed by atoms with Crippen LogP contribution in [-0.4, -0.2) is 17.4 Å². The Labute approximate surface area is 187 Å². The molecular weight excluding hydrogens is 396 g/mol. The average molecular weight is 423 g/mol. The van der Waals surface area contributed by atoms with E-state index in [1.807, 2.05) is 56.4 Å². The molecule has 0 saturated carbocycles. The van der Waals surface area contributed by atoms with Gasteiger partial charge in [0.05, 0.1) is 0 Å². The molecule has 5 rings (SSSR count). The third-order valence-electron chi connectivity index (χ3n) is 6.24. The molecule has 4 nitrogen and oxygen atoms in total. The Morgan fingerprint density at radius 3 is 2.56 bits per heavy atom. The molecule has 160 valence electrons. The van der Waals surface area contributed by atoms with Crippen LogP contribution >= 0.6 is 0 Å². The summed E-state index contributed by atoms with van der Waals surface area (Å²) in [5, 5.41) is 5.33. The standard InChI is InChI=1S/C28H26N2O2/c1-17-13-18(2)26-19(3)27(32-25(26)14-17)28(31)30-15-22(20-9-5-4-6-10-20)23-16-29-24-12-8-7-11-21(23)24/h4-14,16,22,29H,15H2,1-3H3,(H,30,31)/t22-/m1/s1. The molecule has 0 unspecified atom stereocenters. The molecule has 1 atom stereocenters. The van der Waals surface area contributed by atoms with Crippen molar-refractivity contribution in [1.29, 1.82) is 0 Å². The lowest BCUT2D eigenvalue weighted by Gasteiger charge is -2.18. The number of carbonyl (C=O) groups is 1. The normalized spacial score (nSPS) is 12.3. The Hall–Kier alpha value is -3.79. The average Bonchev–Trinajstić information content (AvgIpc) is 3.36. The van der Waals surface area contributed by atoms with Crippen molar-refractivity contribution in [2.45, 2.75) is 26.7 Å². The number of rotatable bonds is 5. The van der Waals surface area contributed by atoms with Crippen LogP contribution in [0.25, 0.3) is 21.9 Å². The van der Waals surface area contributed by atoms with E-state index in [2.05, 4.69) is 47.6 Å². The van der Waals surface area contributed by atoms with Crippen LogP contribution in [-0.2, 0) is 0 Å². The van der Waals surface area contributed by atoms with E-state index < -0.39 is 0 Å². The fourth-order valence-corrected chi connectivity index (χ4v) is 4.76. The van der Waals surface area contributed by atoms with Gasteiger partial charge in [0.1, 0.15) is 5.58 Å². The number of amides is 1. The Morgan fingerprint density at radius 1 is 1.00 bits per heavy atom. The van der Waals surface area contributed by atoms with Gasteiger partial charge in [-0.1, -0.05) is 54.6 Å². The van der Waals surface area contributed by atoms with Crippen molar-refractivity contribution in [3.05, 3.63) is 107 Å². The Balaban J connectivity index is 1.48. The largest absolute Gasteiger partial charge is 0.451 e. The van der Waals surface area contributed by atoms with E-state index in [0.717, 1.165) is 38.7 Å². The van der Waals surface area contributed by atoms with Crippen LogP contribution in [0.3, 0.4) is 0 Å². The third kappa shape index (κ3) is 3.48. The number of hydrogen-bond donors (Lipinski definition) is 2. The van der Waals surface area contributed by atoms with Gasteiger partial charge in [0.15, 0.2) is 5.76 Å². The molecule has 4 heteroatoms. The summed E-state index contributed by atoms with van der Waals surface area (Å²) >= 11 is 0. The number of hydrogen-bond acceptors (Lipinski definition) is 2. The van der Waals surface area contributed by atoms with Gasteiger partial charge in [0, 0.05) is 40.5 Å². The van der Waals surface area contributed by atoms with Crippen molar-refractivity contribution < 1.29 is 9.21 Å². The number of H-pyrrole nitrogens is 1. The molecule has 0 saturated heterocycles. The predicted octanol–water partition coefficient (Wildman–Crippen LogP) is 6.40. The Morgan fingerprint density at radius 2 is 1.75 bits per heavy atom. The number of nitrogens with one attached hydrogen (secondary N) is 2. The van der Waals surface area contributed by atoms with Crippen LogP contribution < -0.4 is 5.32 Å². The highest BCUT2D eigenvalue weighted by atomic mass is 16.3. The fourth-order valence-electron chi connectivity index (χ4n) is 4.76. The van der Waals surface area contributed by atoms with Gasteiger partial charge in [-0.3, -0.25) is 4.79 Å². The zero-order valence-electron chi connectivity index (χ0n) is 18.5. The summed E-state index contributed by atoms with van der Waals surface area (Å²) in [6.07, 6.45) is 2.05. The predicted molar refractivity (Wildman–Crippen MR) is 129 cm³/mol. The van der Waals surface area contributed by atoms with Gasteiger partial charge in [-0.05, 0) is 55.2 Å². The second-order valence-corrected chi connectivity index (χ2v) is 8.47. The van der Waals surface area contributed by atoms with Crippen LogP contribution in [0.5, 0.6) is 0 Å². The minimum atomic E-state index is -0.184. The molecule has 0 aliphatic heterocycles. The summed E-state index contributed by atoms with van der Waals surface area (Å²) in [4.78, 5) is 16.6. The lowest BCUT2D eigenvalue weighted by Crippen LogP contribution is -2.29. The third-order valence-corrected chi connectivity index (χ3v) is 6.24. The number of fused-ring (bicyclic) bond motifs is 2. The van der Waals surface area contributed by atoms with Gasteiger partial charge in [-0.15, -0.1) is 0 Å². The van der Waals surface area contributed by atoms with E-state index >= 15 is 0 Å². The number of furan rings is 1. The van der Waals surface area contributed by atoms with E-state index in [1.165, 1.54) is 10.9 Å². The van der Waals surface area contributed by atoms with E-state index in [0.29, 0.717) is 12.3 Å². The van der Waals surface area contributed by atoms with E-state index in [-0.39, 0.29) is 11.8 Å². The summed E-state index contributed by atoms with van der Waals surface area (Å²) in [5.74, 6) is 0.223. The zero-order valence-corrected chi connectivity index (χ0v) is 18.5. The second kappa shape index (κ2) is 8.04. The fraction of sp³-hybridized carbons (Fsp3) is 0.179. The number of para-hydroxylation sites is 1. The minimum Gasteiger partial charge on any atom is -0.451 e. The quantitative estimate of drug-likeness (QED) is 0.344. The molecule has 3 aromatic carbocycles. The van der Waals surface area contributed by atoms with Crippen LogP contribution in [0.1, 0.15) is 44.3 Å². The Kier molecular flexibility index (Phi) is 5.06. The molecule has 2 aromatic heterocycles. The number of aromatic nitrogens is 1. The number of carbonyl (C=O) groups excluding carboxylic acids is 1. The lowest BCUT2D eigenvalue weighted by atomic mass is 9.91. The van der Waals surface area contributed by atoms with E-state index in [9.17, 15) is 4.79 Å². The van der Waals surface area contributed by atoms with Crippen LogP contribution in [0.15, 0.2) is 77.3 Å². The summed E-state index contributed by atoms with van der Waals surface area (Å²) in [6, 6.07) is 22.7. The van der Waals surface area contributed by atoms with E-state index in [4.69, 9.17) is 4.42 Å². The highest BCUT2D eigenvalue weighted by Crippen LogP contribution is 2.32. The van der Waals surface area contributed by atoms with Crippen molar-refractivity contribution in [1.82, 2.24) is 10.3 Å². The minimum absolute atomic E-state index is 0.0185. The van der Waals surface area contributed by atoms with Crippen molar-refractivity contribution in [2.24, 2.45) is 0 Å². The first-order valence-electron chi connectivity index (χ1n) is 10.9. The zero-order chi connectivity index (χ0) is 22.2.